The van der Waals surface area contributed by atoms with Gasteiger partial charge in [0.15, 0.2) is 0 Å². The molecule has 4 heterocycles. The van der Waals surface area contributed by atoms with Crippen molar-refractivity contribution in [1.29, 1.82) is 0 Å². The molecule has 0 aliphatic carbocycles. The standard InChI is InChI=1S/C36H22N4/c1-2-10-23(11-3-1)24-20-21-37-33(22-24)40-30-16-8-6-12-25(30)27-18-19-32-34(35(27)40)26-13-4-5-14-28(26)36-38-29-15-7-9-17-31(29)39(32)36/h1-22H. The summed E-state index contributed by atoms with van der Waals surface area (Å²) in [5.74, 6) is 0.903. The smallest absolute Gasteiger partial charge is 0.146 e. The van der Waals surface area contributed by atoms with Crippen molar-refractivity contribution in [3.05, 3.63) is 134 Å². The third kappa shape index (κ3) is 2.85. The average molecular weight is 511 g/mol. The fourth-order valence-corrected chi connectivity index (χ4v) is 6.43. The Balaban J connectivity index is 1.52. The van der Waals surface area contributed by atoms with Gasteiger partial charge in [-0.2, -0.15) is 0 Å². The maximum absolute atomic E-state index is 5.09. The van der Waals surface area contributed by atoms with Crippen molar-refractivity contribution in [3.8, 4) is 16.9 Å². The molecule has 40 heavy (non-hydrogen) atoms. The molecular formula is C36H22N4. The summed E-state index contributed by atoms with van der Waals surface area (Å²) in [5, 5.41) is 5.96. The monoisotopic (exact) mass is 510 g/mol. The number of benzene rings is 5. The minimum absolute atomic E-state index is 0.903. The SMILES string of the molecule is c1ccc(-c2ccnc(-n3c4ccccc4c4ccc5c(c6ccccc6c6nc7ccccc7n56)c43)c2)cc1. The number of hydrogen-bond donors (Lipinski definition) is 0. The van der Waals surface area contributed by atoms with E-state index in [2.05, 4.69) is 136 Å². The van der Waals surface area contributed by atoms with Crippen LogP contribution in [0.5, 0.6) is 0 Å². The Morgan fingerprint density at radius 1 is 0.500 bits per heavy atom. The van der Waals surface area contributed by atoms with E-state index < -0.39 is 0 Å². The number of imidazole rings is 1. The van der Waals surface area contributed by atoms with E-state index >= 15 is 0 Å². The number of rotatable bonds is 2. The quantitative estimate of drug-likeness (QED) is 0.218. The molecule has 0 amide bonds. The second-order valence-corrected chi connectivity index (χ2v) is 10.3. The van der Waals surface area contributed by atoms with Crippen molar-refractivity contribution < 1.29 is 0 Å². The van der Waals surface area contributed by atoms with Gasteiger partial charge in [0.25, 0.3) is 0 Å². The van der Waals surface area contributed by atoms with Gasteiger partial charge >= 0.3 is 0 Å². The first-order valence-corrected chi connectivity index (χ1v) is 13.5. The third-order valence-corrected chi connectivity index (χ3v) is 8.14. The van der Waals surface area contributed by atoms with Gasteiger partial charge in [0.05, 0.1) is 27.6 Å². The highest BCUT2D eigenvalue weighted by Crippen LogP contribution is 2.41. The van der Waals surface area contributed by atoms with Gasteiger partial charge in [-0.1, -0.05) is 91.0 Å². The van der Waals surface area contributed by atoms with Crippen LogP contribution in [0.25, 0.3) is 77.1 Å². The summed E-state index contributed by atoms with van der Waals surface area (Å²) in [6.07, 6.45) is 1.92. The molecule has 4 nitrogen and oxygen atoms in total. The number of pyridine rings is 2. The number of aromatic nitrogens is 4. The minimum Gasteiger partial charge on any atom is -0.293 e. The molecule has 9 rings (SSSR count). The van der Waals surface area contributed by atoms with Crippen molar-refractivity contribution in [2.45, 2.75) is 0 Å². The van der Waals surface area contributed by atoms with Gasteiger partial charge in [-0.3, -0.25) is 8.97 Å². The molecule has 0 fully saturated rings. The van der Waals surface area contributed by atoms with Crippen LogP contribution in [0.3, 0.4) is 0 Å². The fraction of sp³-hybridized carbons (Fsp3) is 0. The normalized spacial score (nSPS) is 12.0. The summed E-state index contributed by atoms with van der Waals surface area (Å²) in [4.78, 5) is 10.0. The molecule has 0 bridgehead atoms. The molecule has 5 aromatic carbocycles. The molecule has 0 aliphatic heterocycles. The topological polar surface area (TPSA) is 35.1 Å². The Morgan fingerprint density at radius 2 is 1.23 bits per heavy atom. The van der Waals surface area contributed by atoms with E-state index in [1.165, 1.54) is 27.1 Å². The third-order valence-electron chi connectivity index (χ3n) is 8.14. The number of nitrogens with zero attached hydrogens (tertiary/aromatic N) is 4. The summed E-state index contributed by atoms with van der Waals surface area (Å²) in [6.45, 7) is 0. The molecule has 0 aliphatic rings. The van der Waals surface area contributed by atoms with Crippen LogP contribution in [-0.2, 0) is 0 Å². The molecule has 186 valence electrons. The Bertz CT molecular complexity index is 2430. The van der Waals surface area contributed by atoms with Crippen molar-refractivity contribution in [3.63, 3.8) is 0 Å². The van der Waals surface area contributed by atoms with Gasteiger partial charge in [-0.15, -0.1) is 0 Å². The Labute approximate surface area is 229 Å². The highest BCUT2D eigenvalue weighted by atomic mass is 15.1. The van der Waals surface area contributed by atoms with Gasteiger partial charge in [-0.25, -0.2) is 9.97 Å². The summed E-state index contributed by atoms with van der Waals surface area (Å²) in [7, 11) is 0. The molecule has 4 aromatic heterocycles. The van der Waals surface area contributed by atoms with Crippen molar-refractivity contribution in [2.75, 3.05) is 0 Å². The molecule has 0 N–H and O–H groups in total. The molecular weight excluding hydrogens is 488 g/mol. The van der Waals surface area contributed by atoms with E-state index in [1.807, 2.05) is 6.20 Å². The molecule has 0 saturated carbocycles. The highest BCUT2D eigenvalue weighted by Gasteiger charge is 2.21. The van der Waals surface area contributed by atoms with Crippen LogP contribution in [0.4, 0.5) is 0 Å². The average Bonchev–Trinajstić information content (AvgIpc) is 3.58. The van der Waals surface area contributed by atoms with Gasteiger partial charge in [-0.05, 0) is 52.9 Å². The largest absolute Gasteiger partial charge is 0.293 e. The van der Waals surface area contributed by atoms with E-state index in [0.29, 0.717) is 0 Å². The lowest BCUT2D eigenvalue weighted by Crippen LogP contribution is -1.99. The zero-order valence-electron chi connectivity index (χ0n) is 21.5. The Morgan fingerprint density at radius 3 is 2.10 bits per heavy atom. The maximum atomic E-state index is 5.09. The summed E-state index contributed by atoms with van der Waals surface area (Å²) >= 11 is 0. The first-order chi connectivity index (χ1) is 19.9. The summed E-state index contributed by atoms with van der Waals surface area (Å²) < 4.78 is 4.67. The predicted molar refractivity (Wildman–Crippen MR) is 165 cm³/mol. The van der Waals surface area contributed by atoms with Crippen LogP contribution < -0.4 is 0 Å². The van der Waals surface area contributed by atoms with E-state index in [0.717, 1.165) is 50.0 Å². The fourth-order valence-electron chi connectivity index (χ4n) is 6.43. The lowest BCUT2D eigenvalue weighted by Gasteiger charge is -2.14. The minimum atomic E-state index is 0.903. The predicted octanol–water partition coefficient (Wildman–Crippen LogP) is 8.95. The number of hydrogen-bond acceptors (Lipinski definition) is 2. The molecule has 0 unspecified atom stereocenters. The number of fused-ring (bicyclic) bond motifs is 12. The van der Waals surface area contributed by atoms with E-state index in [-0.39, 0.29) is 0 Å². The van der Waals surface area contributed by atoms with Crippen LogP contribution in [-0.4, -0.2) is 18.9 Å². The van der Waals surface area contributed by atoms with Crippen molar-refractivity contribution >= 4 is 60.2 Å². The summed E-state index contributed by atoms with van der Waals surface area (Å²) in [5.41, 5.74) is 8.85. The highest BCUT2D eigenvalue weighted by molar-refractivity contribution is 6.27. The van der Waals surface area contributed by atoms with Crippen LogP contribution >= 0.6 is 0 Å². The summed E-state index contributed by atoms with van der Waals surface area (Å²) in [6, 6.07) is 45.0. The van der Waals surface area contributed by atoms with Crippen LogP contribution in [0.15, 0.2) is 134 Å². The lowest BCUT2D eigenvalue weighted by molar-refractivity contribution is 1.08. The Kier molecular flexibility index (Phi) is 4.30. The van der Waals surface area contributed by atoms with Crippen LogP contribution in [0.1, 0.15) is 0 Å². The van der Waals surface area contributed by atoms with Gasteiger partial charge in [0.1, 0.15) is 11.5 Å². The zero-order valence-corrected chi connectivity index (χ0v) is 21.5. The van der Waals surface area contributed by atoms with E-state index in [1.54, 1.807) is 0 Å². The molecule has 0 spiro atoms. The number of para-hydroxylation sites is 3. The second kappa shape index (κ2) is 8.01. The van der Waals surface area contributed by atoms with Gasteiger partial charge in [0, 0.05) is 27.7 Å². The van der Waals surface area contributed by atoms with Gasteiger partial charge < -0.3 is 0 Å². The molecule has 0 atom stereocenters. The van der Waals surface area contributed by atoms with E-state index in [4.69, 9.17) is 9.97 Å². The molecule has 9 aromatic rings. The molecule has 4 heteroatoms. The van der Waals surface area contributed by atoms with Crippen LogP contribution in [0, 0.1) is 0 Å². The van der Waals surface area contributed by atoms with Crippen molar-refractivity contribution in [1.82, 2.24) is 18.9 Å². The lowest BCUT2D eigenvalue weighted by atomic mass is 10.0. The second-order valence-electron chi connectivity index (χ2n) is 10.3. The maximum Gasteiger partial charge on any atom is 0.146 e. The van der Waals surface area contributed by atoms with Gasteiger partial charge in [0.2, 0.25) is 0 Å². The van der Waals surface area contributed by atoms with E-state index in [9.17, 15) is 0 Å². The van der Waals surface area contributed by atoms with Crippen molar-refractivity contribution in [2.24, 2.45) is 0 Å². The zero-order chi connectivity index (χ0) is 26.2. The van der Waals surface area contributed by atoms with Crippen LogP contribution in [0.2, 0.25) is 0 Å². The Hall–Kier alpha value is -5.48. The first-order valence-electron chi connectivity index (χ1n) is 13.5. The first kappa shape index (κ1) is 21.5. The molecule has 0 radical (unpaired) electrons. The molecule has 0 saturated heterocycles.